The molecule has 1 saturated heterocycles. The van der Waals surface area contributed by atoms with E-state index in [9.17, 15) is 22.0 Å². The van der Waals surface area contributed by atoms with Gasteiger partial charge in [-0.05, 0) is 31.5 Å². The number of aliphatic imine (C=N–C) groups is 1. The maximum absolute atomic E-state index is 12.5. The van der Waals surface area contributed by atoms with Crippen molar-refractivity contribution < 1.29 is 26.7 Å². The van der Waals surface area contributed by atoms with E-state index in [2.05, 4.69) is 20.4 Å². The van der Waals surface area contributed by atoms with Crippen molar-refractivity contribution in [2.45, 2.75) is 38.7 Å². The molecule has 1 unspecified atom stereocenters. The molecule has 2 N–H and O–H groups in total. The fourth-order valence-corrected chi connectivity index (χ4v) is 3.10. The van der Waals surface area contributed by atoms with E-state index in [0.29, 0.717) is 36.1 Å². The van der Waals surface area contributed by atoms with Crippen LogP contribution in [0.3, 0.4) is 0 Å². The Labute approximate surface area is 164 Å². The van der Waals surface area contributed by atoms with Crippen molar-refractivity contribution >= 4 is 17.6 Å². The Morgan fingerprint density at radius 2 is 2.14 bits per heavy atom. The summed E-state index contributed by atoms with van der Waals surface area (Å²) in [7, 11) is 0. The number of hydrogen-bond donors (Lipinski definition) is 2. The quantitative estimate of drug-likeness (QED) is 0.395. The summed E-state index contributed by atoms with van der Waals surface area (Å²) < 4.78 is 67.1. The number of nitrogens with zero attached hydrogens (tertiary/aromatic N) is 2. The van der Waals surface area contributed by atoms with Gasteiger partial charge >= 0.3 is 12.8 Å². The third-order valence-electron chi connectivity index (χ3n) is 4.01. The molecule has 1 fully saturated rings. The van der Waals surface area contributed by atoms with E-state index in [1.807, 2.05) is 6.92 Å². The minimum absolute atomic E-state index is 0.0108. The van der Waals surface area contributed by atoms with Crippen molar-refractivity contribution in [2.24, 2.45) is 4.99 Å². The van der Waals surface area contributed by atoms with Gasteiger partial charge < -0.3 is 15.4 Å². The van der Waals surface area contributed by atoms with Crippen molar-refractivity contribution in [1.29, 1.82) is 0 Å². The molecule has 0 amide bonds. The topological polar surface area (TPSA) is 48.9 Å². The Hall–Kier alpha value is -1.81. The number of ether oxygens (including phenoxy) is 1. The molecule has 0 aliphatic carbocycles. The number of hydrogen-bond acceptors (Lipinski definition) is 3. The van der Waals surface area contributed by atoms with Gasteiger partial charge in [-0.2, -0.15) is 22.0 Å². The number of rotatable bonds is 7. The molecule has 1 aliphatic rings. The average molecular weight is 429 g/mol. The average Bonchev–Trinajstić information content (AvgIpc) is 2.99. The highest BCUT2D eigenvalue weighted by molar-refractivity contribution is 6.30. The van der Waals surface area contributed by atoms with Crippen molar-refractivity contribution in [1.82, 2.24) is 15.5 Å². The lowest BCUT2D eigenvalue weighted by molar-refractivity contribution is -0.143. The van der Waals surface area contributed by atoms with Gasteiger partial charge in [0.05, 0.1) is 13.1 Å². The zero-order valence-corrected chi connectivity index (χ0v) is 16.0. The van der Waals surface area contributed by atoms with E-state index in [-0.39, 0.29) is 24.9 Å². The van der Waals surface area contributed by atoms with Crippen LogP contribution in [-0.4, -0.2) is 55.9 Å². The van der Waals surface area contributed by atoms with Gasteiger partial charge in [-0.1, -0.05) is 11.6 Å². The van der Waals surface area contributed by atoms with Crippen LogP contribution in [0, 0.1) is 0 Å². The number of alkyl halides is 5. The maximum Gasteiger partial charge on any atom is 0.401 e. The number of likely N-dealkylation sites (tertiary alicyclic amines) is 1. The summed E-state index contributed by atoms with van der Waals surface area (Å²) in [4.78, 5) is 5.65. The van der Waals surface area contributed by atoms with Crippen LogP contribution in [0.4, 0.5) is 22.0 Å². The Balaban J connectivity index is 2.02. The highest BCUT2D eigenvalue weighted by Crippen LogP contribution is 2.25. The molecule has 1 heterocycles. The van der Waals surface area contributed by atoms with E-state index < -0.39 is 19.3 Å². The van der Waals surface area contributed by atoms with Gasteiger partial charge in [0.15, 0.2) is 5.96 Å². The molecule has 0 bridgehead atoms. The van der Waals surface area contributed by atoms with Gasteiger partial charge in [-0.3, -0.25) is 4.90 Å². The smallest absolute Gasteiger partial charge is 0.401 e. The second-order valence-electron chi connectivity index (χ2n) is 6.31. The molecule has 0 aromatic heterocycles. The number of nitrogens with one attached hydrogen (secondary N) is 2. The summed E-state index contributed by atoms with van der Waals surface area (Å²) in [6.45, 7) is -0.980. The maximum atomic E-state index is 12.5. The second kappa shape index (κ2) is 10.1. The Bertz CT molecular complexity index is 671. The zero-order valence-electron chi connectivity index (χ0n) is 15.2. The first-order valence-electron chi connectivity index (χ1n) is 8.73. The van der Waals surface area contributed by atoms with Crippen LogP contribution in [0.25, 0.3) is 0 Å². The summed E-state index contributed by atoms with van der Waals surface area (Å²) in [6.07, 6.45) is -3.70. The number of guanidine groups is 1. The van der Waals surface area contributed by atoms with Gasteiger partial charge in [0.25, 0.3) is 0 Å². The van der Waals surface area contributed by atoms with Gasteiger partial charge in [-0.25, -0.2) is 4.99 Å². The summed E-state index contributed by atoms with van der Waals surface area (Å²) in [5.41, 5.74) is 0.370. The summed E-state index contributed by atoms with van der Waals surface area (Å²) in [5.74, 6) is 0.348. The van der Waals surface area contributed by atoms with Crippen molar-refractivity contribution in [3.63, 3.8) is 0 Å². The third-order valence-corrected chi connectivity index (χ3v) is 4.24. The normalized spacial score (nSPS) is 18.6. The third kappa shape index (κ3) is 7.67. The first kappa shape index (κ1) is 22.5. The van der Waals surface area contributed by atoms with Gasteiger partial charge in [0, 0.05) is 36.3 Å². The Morgan fingerprint density at radius 3 is 2.79 bits per heavy atom. The van der Waals surface area contributed by atoms with E-state index in [1.165, 1.54) is 23.1 Å². The summed E-state index contributed by atoms with van der Waals surface area (Å²) in [6, 6.07) is 4.05. The molecule has 2 rings (SSSR count). The molecule has 5 nitrogen and oxygen atoms in total. The Morgan fingerprint density at radius 1 is 1.39 bits per heavy atom. The molecule has 11 heteroatoms. The molecule has 1 aliphatic heterocycles. The predicted molar refractivity (Wildman–Crippen MR) is 96.9 cm³/mol. The molecule has 1 aromatic rings. The lowest BCUT2D eigenvalue weighted by Gasteiger charge is -2.20. The summed E-state index contributed by atoms with van der Waals surface area (Å²) in [5, 5.41) is 6.43. The highest BCUT2D eigenvalue weighted by atomic mass is 35.5. The fourth-order valence-electron chi connectivity index (χ4n) is 2.91. The van der Waals surface area contributed by atoms with Crippen LogP contribution in [0.1, 0.15) is 18.9 Å². The first-order chi connectivity index (χ1) is 13.2. The van der Waals surface area contributed by atoms with Crippen molar-refractivity contribution in [3.8, 4) is 5.75 Å². The van der Waals surface area contributed by atoms with Gasteiger partial charge in [0.1, 0.15) is 5.75 Å². The zero-order chi connectivity index (χ0) is 20.7. The molecule has 28 heavy (non-hydrogen) atoms. The Kier molecular flexibility index (Phi) is 8.11. The SMILES string of the molecule is CCNC(=NCc1cc(Cl)ccc1OC(F)F)NC1CCN(CC(F)(F)F)C1. The number of benzene rings is 1. The minimum Gasteiger partial charge on any atom is -0.434 e. The van der Waals surface area contributed by atoms with Gasteiger partial charge in [0.2, 0.25) is 0 Å². The molecule has 0 radical (unpaired) electrons. The van der Waals surface area contributed by atoms with Gasteiger partial charge in [-0.15, -0.1) is 0 Å². The largest absolute Gasteiger partial charge is 0.434 e. The van der Waals surface area contributed by atoms with E-state index in [1.54, 1.807) is 0 Å². The van der Waals surface area contributed by atoms with Crippen molar-refractivity contribution in [3.05, 3.63) is 28.8 Å². The van der Waals surface area contributed by atoms with E-state index in [0.717, 1.165) is 0 Å². The van der Waals surface area contributed by atoms with Crippen LogP contribution < -0.4 is 15.4 Å². The highest BCUT2D eigenvalue weighted by Gasteiger charge is 2.34. The van der Waals surface area contributed by atoms with Crippen LogP contribution in [0.2, 0.25) is 5.02 Å². The first-order valence-corrected chi connectivity index (χ1v) is 9.11. The van der Waals surface area contributed by atoms with Crippen LogP contribution in [0.5, 0.6) is 5.75 Å². The monoisotopic (exact) mass is 428 g/mol. The fraction of sp³-hybridized carbons (Fsp3) is 0.588. The lowest BCUT2D eigenvalue weighted by atomic mass is 10.2. The molecule has 1 aromatic carbocycles. The van der Waals surface area contributed by atoms with Crippen LogP contribution in [-0.2, 0) is 6.54 Å². The standard InChI is InChI=1S/C17H22ClF5N4O/c1-2-24-16(26-13-5-6-27(9-13)10-17(21,22)23)25-8-11-7-12(18)3-4-14(11)28-15(19)20/h3-4,7,13,15H,2,5-6,8-10H2,1H3,(H2,24,25,26). The van der Waals surface area contributed by atoms with Crippen LogP contribution >= 0.6 is 11.6 Å². The van der Waals surface area contributed by atoms with E-state index >= 15 is 0 Å². The molecular weight excluding hydrogens is 407 g/mol. The molecule has 1 atom stereocenters. The molecular formula is C17H22ClF5N4O. The van der Waals surface area contributed by atoms with Crippen LogP contribution in [0.15, 0.2) is 23.2 Å². The van der Waals surface area contributed by atoms with E-state index in [4.69, 9.17) is 11.6 Å². The predicted octanol–water partition coefficient (Wildman–Crippen LogP) is 3.63. The molecule has 0 spiro atoms. The lowest BCUT2D eigenvalue weighted by Crippen LogP contribution is -2.45. The molecule has 158 valence electrons. The van der Waals surface area contributed by atoms with Crippen molar-refractivity contribution in [2.75, 3.05) is 26.2 Å². The summed E-state index contributed by atoms with van der Waals surface area (Å²) >= 11 is 5.92. The molecule has 0 saturated carbocycles. The number of halogens is 6. The minimum atomic E-state index is -4.23. The second-order valence-corrected chi connectivity index (χ2v) is 6.74.